The van der Waals surface area contributed by atoms with Crippen molar-refractivity contribution in [2.24, 2.45) is 0 Å². The zero-order valence-electron chi connectivity index (χ0n) is 6.57. The fourth-order valence-corrected chi connectivity index (χ4v) is 1.09. The fourth-order valence-electron chi connectivity index (χ4n) is 1.09. The number of aromatic nitrogens is 3. The van der Waals surface area contributed by atoms with Gasteiger partial charge in [-0.15, -0.1) is 0 Å². The van der Waals surface area contributed by atoms with E-state index in [1.807, 2.05) is 24.5 Å². The first-order valence-corrected chi connectivity index (χ1v) is 3.82. The maximum atomic E-state index is 4.13. The van der Waals surface area contributed by atoms with E-state index in [1.165, 1.54) is 5.56 Å². The predicted molar refractivity (Wildman–Crippen MR) is 45.6 cm³/mol. The third-order valence-electron chi connectivity index (χ3n) is 1.65. The van der Waals surface area contributed by atoms with Crippen molar-refractivity contribution in [2.45, 2.75) is 6.42 Å². The Labute approximate surface area is 70.5 Å². The van der Waals surface area contributed by atoms with Gasteiger partial charge in [0.1, 0.15) is 5.82 Å². The maximum absolute atomic E-state index is 4.13. The van der Waals surface area contributed by atoms with E-state index in [4.69, 9.17) is 0 Å². The molecule has 3 nitrogen and oxygen atoms in total. The summed E-state index contributed by atoms with van der Waals surface area (Å²) in [5.41, 5.74) is 1.17. The second-order valence-electron chi connectivity index (χ2n) is 2.57. The number of hydrogen-bond donors (Lipinski definition) is 1. The molecule has 60 valence electrons. The van der Waals surface area contributed by atoms with E-state index in [2.05, 4.69) is 15.0 Å². The average molecular weight is 159 g/mol. The van der Waals surface area contributed by atoms with Crippen LogP contribution in [0.5, 0.6) is 0 Å². The van der Waals surface area contributed by atoms with Crippen LogP contribution in [-0.4, -0.2) is 15.0 Å². The normalized spacial score (nSPS) is 10.0. The molecule has 0 unspecified atom stereocenters. The van der Waals surface area contributed by atoms with Gasteiger partial charge < -0.3 is 4.98 Å². The second-order valence-corrected chi connectivity index (χ2v) is 2.57. The number of H-pyrrole nitrogens is 1. The summed E-state index contributed by atoms with van der Waals surface area (Å²) < 4.78 is 0. The summed E-state index contributed by atoms with van der Waals surface area (Å²) >= 11 is 0. The van der Waals surface area contributed by atoms with Crippen LogP contribution in [-0.2, 0) is 6.42 Å². The molecule has 2 heterocycles. The van der Waals surface area contributed by atoms with Crippen LogP contribution in [0.1, 0.15) is 11.4 Å². The van der Waals surface area contributed by atoms with Crippen molar-refractivity contribution in [3.8, 4) is 0 Å². The monoisotopic (exact) mass is 159 g/mol. The van der Waals surface area contributed by atoms with Crippen molar-refractivity contribution in [1.29, 1.82) is 0 Å². The van der Waals surface area contributed by atoms with Gasteiger partial charge in [-0.05, 0) is 11.6 Å². The topological polar surface area (TPSA) is 41.6 Å². The summed E-state index contributed by atoms with van der Waals surface area (Å²) in [7, 11) is 0. The van der Waals surface area contributed by atoms with Gasteiger partial charge in [0.2, 0.25) is 0 Å². The highest BCUT2D eigenvalue weighted by Crippen LogP contribution is 2.01. The van der Waals surface area contributed by atoms with Crippen molar-refractivity contribution in [1.82, 2.24) is 15.0 Å². The summed E-state index contributed by atoms with van der Waals surface area (Å²) in [4.78, 5) is 11.2. The summed E-state index contributed by atoms with van der Waals surface area (Å²) in [6, 6.07) is 3.97. The highest BCUT2D eigenvalue weighted by molar-refractivity contribution is 5.13. The van der Waals surface area contributed by atoms with Gasteiger partial charge in [-0.25, -0.2) is 4.98 Å². The Morgan fingerprint density at radius 1 is 1.33 bits per heavy atom. The maximum Gasteiger partial charge on any atom is 0.110 e. The summed E-state index contributed by atoms with van der Waals surface area (Å²) in [6.45, 7) is 0. The summed E-state index contributed by atoms with van der Waals surface area (Å²) in [6.07, 6.45) is 8.02. The Hall–Kier alpha value is -1.64. The van der Waals surface area contributed by atoms with Gasteiger partial charge in [0, 0.05) is 31.2 Å². The van der Waals surface area contributed by atoms with Crippen molar-refractivity contribution < 1.29 is 0 Å². The van der Waals surface area contributed by atoms with E-state index in [0.29, 0.717) is 0 Å². The molecule has 1 N–H and O–H groups in total. The lowest BCUT2D eigenvalue weighted by atomic mass is 10.2. The molecule has 2 aromatic heterocycles. The van der Waals surface area contributed by atoms with Gasteiger partial charge in [-0.2, -0.15) is 0 Å². The number of rotatable bonds is 2. The minimum atomic E-state index is 0.820. The molecule has 2 rings (SSSR count). The highest BCUT2D eigenvalue weighted by atomic mass is 14.9. The number of nitrogens with zero attached hydrogens (tertiary/aromatic N) is 2. The van der Waals surface area contributed by atoms with Crippen molar-refractivity contribution in [3.63, 3.8) is 0 Å². The molecule has 2 aromatic rings. The van der Waals surface area contributed by atoms with Crippen molar-refractivity contribution in [3.05, 3.63) is 48.3 Å². The van der Waals surface area contributed by atoms with Crippen LogP contribution in [0.25, 0.3) is 0 Å². The molecule has 0 fully saturated rings. The molecular formula is C9H9N3. The van der Waals surface area contributed by atoms with Crippen LogP contribution < -0.4 is 0 Å². The third-order valence-corrected chi connectivity index (χ3v) is 1.65. The average Bonchev–Trinajstić information content (AvgIpc) is 2.59. The molecule has 0 spiro atoms. The number of pyridine rings is 1. The Morgan fingerprint density at radius 2 is 2.33 bits per heavy atom. The second kappa shape index (κ2) is 3.17. The molecule has 0 aliphatic carbocycles. The Kier molecular flexibility index (Phi) is 1.86. The summed E-state index contributed by atoms with van der Waals surface area (Å²) in [5, 5.41) is 0. The zero-order valence-corrected chi connectivity index (χ0v) is 6.57. The quantitative estimate of drug-likeness (QED) is 0.719. The molecule has 3 heteroatoms. The lowest BCUT2D eigenvalue weighted by Gasteiger charge is -1.95. The Balaban J connectivity index is 2.15. The van der Waals surface area contributed by atoms with Crippen molar-refractivity contribution >= 4 is 0 Å². The van der Waals surface area contributed by atoms with Crippen LogP contribution in [0.4, 0.5) is 0 Å². The van der Waals surface area contributed by atoms with Gasteiger partial charge >= 0.3 is 0 Å². The minimum absolute atomic E-state index is 0.820. The molecule has 0 aliphatic rings. The number of imidazole rings is 1. The molecular weight excluding hydrogens is 150 g/mol. The first-order chi connectivity index (χ1) is 5.95. The molecule has 0 saturated carbocycles. The van der Waals surface area contributed by atoms with Crippen molar-refractivity contribution in [2.75, 3.05) is 0 Å². The van der Waals surface area contributed by atoms with Crippen LogP contribution >= 0.6 is 0 Å². The predicted octanol–water partition coefficient (Wildman–Crippen LogP) is 1.40. The van der Waals surface area contributed by atoms with E-state index in [9.17, 15) is 0 Å². The first kappa shape index (κ1) is 7.03. The Bertz CT molecular complexity index is 326. The summed E-state index contributed by atoms with van der Waals surface area (Å²) in [5.74, 6) is 0.975. The standard InChI is InChI=1S/C9H9N3/c1-2-8(7-10-3-1)6-9-11-4-5-12-9/h1-5,7H,6H2,(H,11,12). The van der Waals surface area contributed by atoms with E-state index >= 15 is 0 Å². The van der Waals surface area contributed by atoms with Gasteiger partial charge in [0.15, 0.2) is 0 Å². The third kappa shape index (κ3) is 1.50. The van der Waals surface area contributed by atoms with Gasteiger partial charge in [0.05, 0.1) is 0 Å². The Morgan fingerprint density at radius 3 is 3.00 bits per heavy atom. The largest absolute Gasteiger partial charge is 0.348 e. The minimum Gasteiger partial charge on any atom is -0.348 e. The molecule has 0 radical (unpaired) electrons. The SMILES string of the molecule is c1cncc(Cc2ncc[nH]2)c1. The van der Waals surface area contributed by atoms with Crippen LogP contribution in [0.2, 0.25) is 0 Å². The van der Waals surface area contributed by atoms with Crippen LogP contribution in [0.15, 0.2) is 36.9 Å². The lowest BCUT2D eigenvalue weighted by Crippen LogP contribution is -1.90. The smallest absolute Gasteiger partial charge is 0.110 e. The fraction of sp³-hybridized carbons (Fsp3) is 0.111. The molecule has 0 aliphatic heterocycles. The van der Waals surface area contributed by atoms with Crippen LogP contribution in [0, 0.1) is 0 Å². The molecule has 0 bridgehead atoms. The van der Waals surface area contributed by atoms with Gasteiger partial charge in [0.25, 0.3) is 0 Å². The molecule has 0 aromatic carbocycles. The number of hydrogen-bond acceptors (Lipinski definition) is 2. The van der Waals surface area contributed by atoms with E-state index in [1.54, 1.807) is 12.4 Å². The zero-order chi connectivity index (χ0) is 8.23. The van der Waals surface area contributed by atoms with E-state index in [-0.39, 0.29) is 0 Å². The van der Waals surface area contributed by atoms with E-state index < -0.39 is 0 Å². The van der Waals surface area contributed by atoms with E-state index in [0.717, 1.165) is 12.2 Å². The lowest BCUT2D eigenvalue weighted by molar-refractivity contribution is 1.01. The van der Waals surface area contributed by atoms with Crippen LogP contribution in [0.3, 0.4) is 0 Å². The number of aromatic amines is 1. The molecule has 12 heavy (non-hydrogen) atoms. The first-order valence-electron chi connectivity index (χ1n) is 3.82. The van der Waals surface area contributed by atoms with Gasteiger partial charge in [-0.1, -0.05) is 6.07 Å². The van der Waals surface area contributed by atoms with Gasteiger partial charge in [-0.3, -0.25) is 4.98 Å². The molecule has 0 atom stereocenters. The number of nitrogens with one attached hydrogen (secondary N) is 1. The highest BCUT2D eigenvalue weighted by Gasteiger charge is 1.95. The molecule has 0 saturated heterocycles. The molecule has 0 amide bonds.